The van der Waals surface area contributed by atoms with E-state index in [0.717, 1.165) is 28.5 Å². The molecule has 138 valence electrons. The molecule has 26 heavy (non-hydrogen) atoms. The van der Waals surface area contributed by atoms with Crippen LogP contribution in [0, 0.1) is 13.8 Å². The van der Waals surface area contributed by atoms with Crippen molar-refractivity contribution in [2.24, 2.45) is 0 Å². The Morgan fingerprint density at radius 1 is 1.23 bits per heavy atom. The molecule has 0 saturated heterocycles. The lowest BCUT2D eigenvalue weighted by atomic mass is 9.99. The van der Waals surface area contributed by atoms with Gasteiger partial charge in [0.05, 0.1) is 10.7 Å². The first kappa shape index (κ1) is 18.8. The van der Waals surface area contributed by atoms with E-state index in [1.807, 2.05) is 24.3 Å². The van der Waals surface area contributed by atoms with E-state index in [9.17, 15) is 4.79 Å². The first-order valence-electron chi connectivity index (χ1n) is 8.94. The third kappa shape index (κ3) is 4.39. The summed E-state index contributed by atoms with van der Waals surface area (Å²) in [7, 11) is 0. The topological polar surface area (TPSA) is 48.4 Å². The zero-order chi connectivity index (χ0) is 18.7. The van der Waals surface area contributed by atoms with Crippen molar-refractivity contribution >= 4 is 18.2 Å². The Balaban J connectivity index is 1.67. The van der Waals surface area contributed by atoms with E-state index < -0.39 is 0 Å². The van der Waals surface area contributed by atoms with Crippen LogP contribution in [0.2, 0.25) is 0 Å². The summed E-state index contributed by atoms with van der Waals surface area (Å²) >= 11 is 1.75. The molecule has 1 aromatic carbocycles. The number of hydrogen-bond acceptors (Lipinski definition) is 5. The summed E-state index contributed by atoms with van der Waals surface area (Å²) in [5, 5.41) is 1.53. The molecule has 1 saturated carbocycles. The van der Waals surface area contributed by atoms with Crippen molar-refractivity contribution in [3.8, 4) is 5.75 Å². The molecular formula is C21H25NO3S. The highest BCUT2D eigenvalue weighted by molar-refractivity contribution is 7.99. The highest BCUT2D eigenvalue weighted by atomic mass is 32.2. The lowest BCUT2D eigenvalue weighted by Crippen LogP contribution is -2.03. The second-order valence-corrected chi connectivity index (χ2v) is 8.54. The Morgan fingerprint density at radius 2 is 2.04 bits per heavy atom. The maximum absolute atomic E-state index is 10.5. The monoisotopic (exact) mass is 371 g/mol. The molecule has 2 unspecified atom stereocenters. The normalized spacial score (nSPS) is 18.7. The molecule has 0 bridgehead atoms. The number of aromatic nitrogens is 1. The molecule has 1 aliphatic rings. The largest absolute Gasteiger partial charge is 0.487 e. The van der Waals surface area contributed by atoms with Crippen LogP contribution in [0.4, 0.5) is 0 Å². The molecule has 1 aromatic heterocycles. The minimum atomic E-state index is 0.0303. The molecule has 2 atom stereocenters. The molecule has 0 spiro atoms. The van der Waals surface area contributed by atoms with Crippen LogP contribution in [-0.4, -0.2) is 22.8 Å². The predicted octanol–water partition coefficient (Wildman–Crippen LogP) is 4.81. The Labute approximate surface area is 159 Å². The summed E-state index contributed by atoms with van der Waals surface area (Å²) < 4.78 is 11.1. The fourth-order valence-corrected chi connectivity index (χ4v) is 3.90. The van der Waals surface area contributed by atoms with Crippen LogP contribution in [0.1, 0.15) is 48.6 Å². The van der Waals surface area contributed by atoms with Crippen molar-refractivity contribution in [1.82, 2.24) is 4.98 Å². The third-order valence-corrected chi connectivity index (χ3v) is 5.59. The van der Waals surface area contributed by atoms with Gasteiger partial charge in [0.1, 0.15) is 18.5 Å². The predicted molar refractivity (Wildman–Crippen MR) is 104 cm³/mol. The standard InChI is InChI=1S/C21H25NO3S/c1-13(2)26-21-7-5-6-16(22-21)11-24-19-9-8-17(14(3)15(19)4)18-10-20(18)25-12-23/h5-9,12-13,18,20H,10-11H2,1-4H3. The number of hydrogen-bond donors (Lipinski definition) is 0. The summed E-state index contributed by atoms with van der Waals surface area (Å²) in [5.74, 6) is 1.20. The van der Waals surface area contributed by atoms with Gasteiger partial charge in [0, 0.05) is 11.2 Å². The average molecular weight is 372 g/mol. The van der Waals surface area contributed by atoms with E-state index >= 15 is 0 Å². The highest BCUT2D eigenvalue weighted by Gasteiger charge is 2.41. The van der Waals surface area contributed by atoms with E-state index in [-0.39, 0.29) is 6.10 Å². The fourth-order valence-electron chi connectivity index (χ4n) is 3.09. The van der Waals surface area contributed by atoms with Crippen molar-refractivity contribution < 1.29 is 14.3 Å². The van der Waals surface area contributed by atoms with E-state index in [1.54, 1.807) is 11.8 Å². The molecule has 1 fully saturated rings. The quantitative estimate of drug-likeness (QED) is 0.492. The Morgan fingerprint density at radius 3 is 2.77 bits per heavy atom. The molecule has 1 heterocycles. The highest BCUT2D eigenvalue weighted by Crippen LogP contribution is 2.45. The van der Waals surface area contributed by atoms with Gasteiger partial charge in [-0.15, -0.1) is 11.8 Å². The van der Waals surface area contributed by atoms with E-state index in [2.05, 4.69) is 38.7 Å². The lowest BCUT2D eigenvalue weighted by molar-refractivity contribution is -0.129. The minimum Gasteiger partial charge on any atom is -0.487 e. The minimum absolute atomic E-state index is 0.0303. The van der Waals surface area contributed by atoms with E-state index in [0.29, 0.717) is 24.2 Å². The molecular weight excluding hydrogens is 346 g/mol. The van der Waals surface area contributed by atoms with Crippen molar-refractivity contribution in [3.63, 3.8) is 0 Å². The summed E-state index contributed by atoms with van der Waals surface area (Å²) in [4.78, 5) is 15.1. The molecule has 0 radical (unpaired) electrons. The van der Waals surface area contributed by atoms with Crippen LogP contribution in [0.5, 0.6) is 5.75 Å². The van der Waals surface area contributed by atoms with Gasteiger partial charge in [-0.3, -0.25) is 4.79 Å². The zero-order valence-corrected chi connectivity index (χ0v) is 16.5. The van der Waals surface area contributed by atoms with Gasteiger partial charge in [-0.05, 0) is 55.2 Å². The van der Waals surface area contributed by atoms with Crippen molar-refractivity contribution in [1.29, 1.82) is 0 Å². The SMILES string of the molecule is Cc1c(OCc2cccc(SC(C)C)n2)ccc(C2CC2OC=O)c1C. The number of nitrogens with zero attached hydrogens (tertiary/aromatic N) is 1. The van der Waals surface area contributed by atoms with E-state index in [1.165, 1.54) is 11.1 Å². The number of carbonyl (C=O) groups is 1. The number of rotatable bonds is 8. The molecule has 2 aromatic rings. The van der Waals surface area contributed by atoms with Crippen LogP contribution >= 0.6 is 11.8 Å². The second kappa shape index (κ2) is 8.12. The number of ether oxygens (including phenoxy) is 2. The molecule has 0 aliphatic heterocycles. The number of thioether (sulfide) groups is 1. The summed E-state index contributed by atoms with van der Waals surface area (Å²) in [6, 6.07) is 10.2. The third-order valence-electron chi connectivity index (χ3n) is 4.65. The van der Waals surface area contributed by atoms with Crippen LogP contribution in [-0.2, 0) is 16.1 Å². The molecule has 0 N–H and O–H groups in total. The maximum Gasteiger partial charge on any atom is 0.293 e. The van der Waals surface area contributed by atoms with Crippen LogP contribution in [0.3, 0.4) is 0 Å². The number of pyridine rings is 1. The molecule has 4 nitrogen and oxygen atoms in total. The van der Waals surface area contributed by atoms with Gasteiger partial charge in [-0.1, -0.05) is 26.0 Å². The maximum atomic E-state index is 10.5. The Bertz CT molecular complexity index is 791. The fraction of sp³-hybridized carbons (Fsp3) is 0.429. The van der Waals surface area contributed by atoms with Gasteiger partial charge in [-0.2, -0.15) is 0 Å². The zero-order valence-electron chi connectivity index (χ0n) is 15.7. The van der Waals surface area contributed by atoms with Gasteiger partial charge in [-0.25, -0.2) is 4.98 Å². The molecule has 0 amide bonds. The van der Waals surface area contributed by atoms with Crippen molar-refractivity contribution in [2.45, 2.75) is 63.0 Å². The smallest absolute Gasteiger partial charge is 0.293 e. The van der Waals surface area contributed by atoms with E-state index in [4.69, 9.17) is 9.47 Å². The molecule has 3 rings (SSSR count). The average Bonchev–Trinajstić information content (AvgIpc) is 3.35. The molecule has 5 heteroatoms. The first-order chi connectivity index (χ1) is 12.5. The van der Waals surface area contributed by atoms with Crippen LogP contribution in [0.15, 0.2) is 35.4 Å². The van der Waals surface area contributed by atoms with Crippen molar-refractivity contribution in [3.05, 3.63) is 52.7 Å². The number of benzene rings is 1. The summed E-state index contributed by atoms with van der Waals surface area (Å²) in [6.45, 7) is 9.49. The number of carbonyl (C=O) groups excluding carboxylic acids is 1. The lowest BCUT2D eigenvalue weighted by Gasteiger charge is -2.14. The van der Waals surface area contributed by atoms with Crippen LogP contribution in [0.25, 0.3) is 0 Å². The summed E-state index contributed by atoms with van der Waals surface area (Å²) in [6.07, 6.45) is 0.937. The Kier molecular flexibility index (Phi) is 5.87. The second-order valence-electron chi connectivity index (χ2n) is 6.94. The van der Waals surface area contributed by atoms with Gasteiger partial charge in [0.25, 0.3) is 6.47 Å². The summed E-state index contributed by atoms with van der Waals surface area (Å²) in [5.41, 5.74) is 4.52. The van der Waals surface area contributed by atoms with Gasteiger partial charge in [0.2, 0.25) is 0 Å². The first-order valence-corrected chi connectivity index (χ1v) is 9.82. The van der Waals surface area contributed by atoms with Crippen LogP contribution < -0.4 is 4.74 Å². The molecule has 1 aliphatic carbocycles. The van der Waals surface area contributed by atoms with Crippen molar-refractivity contribution in [2.75, 3.05) is 0 Å². The van der Waals surface area contributed by atoms with Gasteiger partial charge < -0.3 is 9.47 Å². The van der Waals surface area contributed by atoms with Gasteiger partial charge in [0.15, 0.2) is 0 Å². The Hall–Kier alpha value is -2.01. The van der Waals surface area contributed by atoms with Gasteiger partial charge >= 0.3 is 0 Å².